The van der Waals surface area contributed by atoms with E-state index in [4.69, 9.17) is 10.5 Å². The monoisotopic (exact) mass is 214 g/mol. The van der Waals surface area contributed by atoms with Gasteiger partial charge >= 0.3 is 0 Å². The van der Waals surface area contributed by atoms with Crippen molar-refractivity contribution < 1.29 is 9.53 Å². The summed E-state index contributed by atoms with van der Waals surface area (Å²) in [5.41, 5.74) is 5.61. The molecule has 1 rings (SSSR count). The maximum atomic E-state index is 11.6. The van der Waals surface area contributed by atoms with Crippen LogP contribution >= 0.6 is 0 Å². The number of hydrogen-bond acceptors (Lipinski definition) is 3. The van der Waals surface area contributed by atoms with Crippen molar-refractivity contribution >= 4 is 5.91 Å². The van der Waals surface area contributed by atoms with Crippen LogP contribution in [-0.2, 0) is 9.53 Å². The number of amides is 1. The van der Waals surface area contributed by atoms with Gasteiger partial charge < -0.3 is 15.8 Å². The molecule has 2 unspecified atom stereocenters. The molecule has 1 aliphatic rings. The second kappa shape index (κ2) is 6.80. The summed E-state index contributed by atoms with van der Waals surface area (Å²) >= 11 is 0. The molecule has 0 bridgehead atoms. The average Bonchev–Trinajstić information content (AvgIpc) is 2.25. The minimum absolute atomic E-state index is 0.0411. The number of hydrogen-bond donors (Lipinski definition) is 2. The van der Waals surface area contributed by atoms with Crippen LogP contribution in [0.4, 0.5) is 0 Å². The third-order valence-corrected chi connectivity index (χ3v) is 2.61. The maximum absolute atomic E-state index is 11.6. The second-order valence-corrected chi connectivity index (χ2v) is 4.27. The number of carbonyl (C=O) groups is 1. The van der Waals surface area contributed by atoms with Crippen molar-refractivity contribution in [2.45, 2.75) is 51.2 Å². The molecule has 1 aliphatic heterocycles. The molecule has 3 N–H and O–H groups in total. The maximum Gasteiger partial charge on any atom is 0.249 e. The van der Waals surface area contributed by atoms with Crippen LogP contribution in [0.5, 0.6) is 0 Å². The van der Waals surface area contributed by atoms with Crippen molar-refractivity contribution in [3.8, 4) is 0 Å². The van der Waals surface area contributed by atoms with Crippen molar-refractivity contribution in [2.24, 2.45) is 5.73 Å². The highest BCUT2D eigenvalue weighted by atomic mass is 16.5. The molecule has 1 amide bonds. The molecule has 1 fully saturated rings. The third-order valence-electron chi connectivity index (χ3n) is 2.61. The average molecular weight is 214 g/mol. The van der Waals surface area contributed by atoms with Gasteiger partial charge in [-0.1, -0.05) is 0 Å². The molecule has 1 heterocycles. The Morgan fingerprint density at radius 1 is 1.60 bits per heavy atom. The lowest BCUT2D eigenvalue weighted by atomic mass is 10.1. The summed E-state index contributed by atoms with van der Waals surface area (Å²) in [7, 11) is 0. The molecule has 0 saturated carbocycles. The number of nitrogens with two attached hydrogens (primary N) is 1. The summed E-state index contributed by atoms with van der Waals surface area (Å²) in [5.74, 6) is 0.0411. The Balaban J connectivity index is 2.07. The lowest BCUT2D eigenvalue weighted by molar-refractivity contribution is -0.135. The Morgan fingerprint density at radius 2 is 2.40 bits per heavy atom. The van der Waals surface area contributed by atoms with Gasteiger partial charge in [-0.25, -0.2) is 0 Å². The predicted molar refractivity (Wildman–Crippen MR) is 59.5 cm³/mol. The second-order valence-electron chi connectivity index (χ2n) is 4.27. The van der Waals surface area contributed by atoms with Crippen molar-refractivity contribution in [2.75, 3.05) is 13.2 Å². The Labute approximate surface area is 91.5 Å². The summed E-state index contributed by atoms with van der Waals surface area (Å²) in [6.07, 6.45) is 4.71. The van der Waals surface area contributed by atoms with Gasteiger partial charge in [0.1, 0.15) is 6.10 Å². The zero-order valence-electron chi connectivity index (χ0n) is 9.50. The van der Waals surface area contributed by atoms with E-state index in [0.717, 1.165) is 38.7 Å². The van der Waals surface area contributed by atoms with Crippen molar-refractivity contribution in [3.05, 3.63) is 0 Å². The minimum Gasteiger partial charge on any atom is -0.368 e. The molecule has 88 valence electrons. The first-order valence-corrected chi connectivity index (χ1v) is 5.85. The Kier molecular flexibility index (Phi) is 5.65. The molecular formula is C11H22N2O2. The van der Waals surface area contributed by atoms with Crippen molar-refractivity contribution in [1.29, 1.82) is 0 Å². The molecule has 0 aromatic carbocycles. The van der Waals surface area contributed by atoms with Gasteiger partial charge in [0.05, 0.1) is 0 Å². The van der Waals surface area contributed by atoms with Gasteiger partial charge in [0.2, 0.25) is 5.91 Å². The summed E-state index contributed by atoms with van der Waals surface area (Å²) in [4.78, 5) is 11.6. The first-order valence-electron chi connectivity index (χ1n) is 5.85. The lowest BCUT2D eigenvalue weighted by Crippen LogP contribution is -2.39. The van der Waals surface area contributed by atoms with E-state index in [0.29, 0.717) is 6.54 Å². The quantitative estimate of drug-likeness (QED) is 0.665. The SMILES string of the molecule is CC(N)CCCNC(=O)C1CCCCO1. The highest BCUT2D eigenvalue weighted by Crippen LogP contribution is 2.12. The van der Waals surface area contributed by atoms with Crippen LogP contribution < -0.4 is 11.1 Å². The van der Waals surface area contributed by atoms with Crippen LogP contribution in [0.2, 0.25) is 0 Å². The van der Waals surface area contributed by atoms with Gasteiger partial charge in [0.25, 0.3) is 0 Å². The fourth-order valence-corrected chi connectivity index (χ4v) is 1.70. The highest BCUT2D eigenvalue weighted by Gasteiger charge is 2.20. The van der Waals surface area contributed by atoms with Crippen LogP contribution in [0, 0.1) is 0 Å². The van der Waals surface area contributed by atoms with Crippen LogP contribution in [0.1, 0.15) is 39.0 Å². The zero-order valence-corrected chi connectivity index (χ0v) is 9.50. The molecule has 0 spiro atoms. The van der Waals surface area contributed by atoms with Crippen molar-refractivity contribution in [1.82, 2.24) is 5.32 Å². The van der Waals surface area contributed by atoms with E-state index in [9.17, 15) is 4.79 Å². The van der Waals surface area contributed by atoms with E-state index >= 15 is 0 Å². The molecule has 15 heavy (non-hydrogen) atoms. The topological polar surface area (TPSA) is 64.3 Å². The Bertz CT molecular complexity index is 189. The van der Waals surface area contributed by atoms with E-state index in [-0.39, 0.29) is 18.1 Å². The van der Waals surface area contributed by atoms with E-state index in [1.165, 1.54) is 0 Å². The summed E-state index contributed by atoms with van der Waals surface area (Å²) < 4.78 is 5.38. The molecule has 0 radical (unpaired) electrons. The molecule has 4 nitrogen and oxygen atoms in total. The molecule has 4 heteroatoms. The summed E-state index contributed by atoms with van der Waals surface area (Å²) in [5, 5.41) is 2.89. The summed E-state index contributed by atoms with van der Waals surface area (Å²) in [6, 6.07) is 0.216. The van der Waals surface area contributed by atoms with Crippen LogP contribution in [-0.4, -0.2) is 31.2 Å². The molecule has 0 aliphatic carbocycles. The standard InChI is InChI=1S/C11H22N2O2/c1-9(12)5-4-7-13-11(14)10-6-2-3-8-15-10/h9-10H,2-8,12H2,1H3,(H,13,14). The smallest absolute Gasteiger partial charge is 0.249 e. The third kappa shape index (κ3) is 5.14. The largest absolute Gasteiger partial charge is 0.368 e. The van der Waals surface area contributed by atoms with Gasteiger partial charge in [0, 0.05) is 19.2 Å². The Hall–Kier alpha value is -0.610. The van der Waals surface area contributed by atoms with Crippen LogP contribution in [0.25, 0.3) is 0 Å². The predicted octanol–water partition coefficient (Wildman–Crippen LogP) is 0.799. The molecular weight excluding hydrogens is 192 g/mol. The van der Waals surface area contributed by atoms with E-state index in [2.05, 4.69) is 5.32 Å². The lowest BCUT2D eigenvalue weighted by Gasteiger charge is -2.21. The van der Waals surface area contributed by atoms with Gasteiger partial charge in [-0.2, -0.15) is 0 Å². The fourth-order valence-electron chi connectivity index (χ4n) is 1.70. The first kappa shape index (κ1) is 12.5. The van der Waals surface area contributed by atoms with Gasteiger partial charge in [-0.15, -0.1) is 0 Å². The Morgan fingerprint density at radius 3 is 3.00 bits per heavy atom. The molecule has 1 saturated heterocycles. The zero-order chi connectivity index (χ0) is 11.1. The van der Waals surface area contributed by atoms with E-state index < -0.39 is 0 Å². The number of ether oxygens (including phenoxy) is 1. The molecule has 2 atom stereocenters. The van der Waals surface area contributed by atoms with Crippen LogP contribution in [0.15, 0.2) is 0 Å². The molecule has 0 aromatic rings. The number of carbonyl (C=O) groups excluding carboxylic acids is 1. The number of rotatable bonds is 5. The highest BCUT2D eigenvalue weighted by molar-refractivity contribution is 5.80. The van der Waals surface area contributed by atoms with Crippen LogP contribution in [0.3, 0.4) is 0 Å². The van der Waals surface area contributed by atoms with Gasteiger partial charge in [-0.3, -0.25) is 4.79 Å². The fraction of sp³-hybridized carbons (Fsp3) is 0.909. The van der Waals surface area contributed by atoms with Gasteiger partial charge in [-0.05, 0) is 39.0 Å². The summed E-state index contributed by atoms with van der Waals surface area (Å²) in [6.45, 7) is 3.41. The normalized spacial score (nSPS) is 23.5. The van der Waals surface area contributed by atoms with Gasteiger partial charge in [0.15, 0.2) is 0 Å². The molecule has 0 aromatic heterocycles. The number of nitrogens with one attached hydrogen (secondary N) is 1. The van der Waals surface area contributed by atoms with Crippen molar-refractivity contribution in [3.63, 3.8) is 0 Å². The minimum atomic E-state index is -0.214. The van der Waals surface area contributed by atoms with E-state index in [1.807, 2.05) is 6.92 Å². The van der Waals surface area contributed by atoms with E-state index in [1.54, 1.807) is 0 Å². The first-order chi connectivity index (χ1) is 7.20.